The molecule has 0 aliphatic carbocycles. The molecule has 0 spiro atoms. The summed E-state index contributed by atoms with van der Waals surface area (Å²) in [5, 5.41) is 14.1. The molecule has 0 unspecified atom stereocenters. The van der Waals surface area contributed by atoms with Crippen LogP contribution in [0.1, 0.15) is 5.56 Å². The number of benzene rings is 1. The fourth-order valence-electron chi connectivity index (χ4n) is 1.47. The Morgan fingerprint density at radius 3 is 2.86 bits per heavy atom. The molecule has 0 aliphatic heterocycles. The maximum Gasteiger partial charge on any atom is 0.307 e. The third kappa shape index (κ3) is 1.28. The average Bonchev–Trinajstić information content (AvgIpc) is 2.48. The second-order valence-electron chi connectivity index (χ2n) is 2.99. The number of aliphatic carboxylic acids is 1. The molecule has 0 saturated heterocycles. The zero-order valence-electron chi connectivity index (χ0n) is 7.20. The van der Waals surface area contributed by atoms with Gasteiger partial charge in [-0.3, -0.25) is 19.8 Å². The number of carbonyl (C=O) groups is 1. The lowest BCUT2D eigenvalue weighted by molar-refractivity contribution is -0.136. The summed E-state index contributed by atoms with van der Waals surface area (Å²) in [6.07, 6.45) is -0.141. The van der Waals surface area contributed by atoms with Gasteiger partial charge in [-0.05, 0) is 11.6 Å². The number of rotatable bonds is 2. The van der Waals surface area contributed by atoms with Gasteiger partial charge in [-0.2, -0.15) is 0 Å². The van der Waals surface area contributed by atoms with Crippen molar-refractivity contribution in [2.24, 2.45) is 0 Å². The number of fused-ring (bicyclic) bond motifs is 1. The van der Waals surface area contributed by atoms with Crippen LogP contribution in [-0.2, 0) is 11.2 Å². The summed E-state index contributed by atoms with van der Waals surface area (Å²) >= 11 is 0. The number of aromatic nitrogens is 2. The molecule has 1 aromatic heterocycles. The van der Waals surface area contributed by atoms with E-state index in [2.05, 4.69) is 10.2 Å². The van der Waals surface area contributed by atoms with E-state index in [1.165, 1.54) is 0 Å². The number of hydrogen-bond donors (Lipinski definition) is 3. The van der Waals surface area contributed by atoms with E-state index in [-0.39, 0.29) is 12.0 Å². The van der Waals surface area contributed by atoms with Crippen molar-refractivity contribution in [1.29, 1.82) is 0 Å². The number of carboxylic acids is 1. The summed E-state index contributed by atoms with van der Waals surface area (Å²) in [4.78, 5) is 21.8. The van der Waals surface area contributed by atoms with Gasteiger partial charge >= 0.3 is 5.97 Å². The SMILES string of the molecule is O=C(O)Cc1cccc2[nH][nH]c(=O)c12. The Labute approximate surface area is 78.4 Å². The predicted octanol–water partition coefficient (Wildman–Crippen LogP) is 0.483. The van der Waals surface area contributed by atoms with E-state index in [0.29, 0.717) is 16.5 Å². The predicted molar refractivity (Wildman–Crippen MR) is 50.3 cm³/mol. The van der Waals surface area contributed by atoms with Gasteiger partial charge in [-0.15, -0.1) is 0 Å². The molecule has 14 heavy (non-hydrogen) atoms. The third-order valence-electron chi connectivity index (χ3n) is 2.03. The fourth-order valence-corrected chi connectivity index (χ4v) is 1.47. The molecule has 2 aromatic rings. The summed E-state index contributed by atoms with van der Waals surface area (Å²) in [5.74, 6) is -0.946. The summed E-state index contributed by atoms with van der Waals surface area (Å²) in [6.45, 7) is 0. The summed E-state index contributed by atoms with van der Waals surface area (Å²) < 4.78 is 0. The van der Waals surface area contributed by atoms with E-state index in [1.807, 2.05) is 0 Å². The van der Waals surface area contributed by atoms with Crippen LogP contribution in [0.2, 0.25) is 0 Å². The van der Waals surface area contributed by atoms with Crippen molar-refractivity contribution in [1.82, 2.24) is 10.2 Å². The van der Waals surface area contributed by atoms with Crippen molar-refractivity contribution in [3.63, 3.8) is 0 Å². The highest BCUT2D eigenvalue weighted by Crippen LogP contribution is 2.12. The highest BCUT2D eigenvalue weighted by Gasteiger charge is 2.09. The van der Waals surface area contributed by atoms with Crippen molar-refractivity contribution in [2.45, 2.75) is 6.42 Å². The van der Waals surface area contributed by atoms with Gasteiger partial charge in [-0.1, -0.05) is 12.1 Å². The van der Waals surface area contributed by atoms with Crippen LogP contribution in [0.3, 0.4) is 0 Å². The Balaban J connectivity index is 2.69. The molecular weight excluding hydrogens is 184 g/mol. The Bertz CT molecular complexity index is 538. The van der Waals surface area contributed by atoms with Gasteiger partial charge in [0.2, 0.25) is 0 Å². The maximum absolute atomic E-state index is 11.3. The van der Waals surface area contributed by atoms with Gasteiger partial charge in [0.1, 0.15) is 0 Å². The Morgan fingerprint density at radius 2 is 2.14 bits per heavy atom. The quantitative estimate of drug-likeness (QED) is 0.647. The van der Waals surface area contributed by atoms with Crippen LogP contribution in [0.25, 0.3) is 10.9 Å². The smallest absolute Gasteiger partial charge is 0.307 e. The number of nitrogens with one attached hydrogen (secondary N) is 2. The van der Waals surface area contributed by atoms with Crippen LogP contribution in [0.15, 0.2) is 23.0 Å². The molecule has 3 N–H and O–H groups in total. The topological polar surface area (TPSA) is 85.9 Å². The first-order valence-electron chi connectivity index (χ1n) is 4.08. The Kier molecular flexibility index (Phi) is 1.85. The molecule has 1 heterocycles. The lowest BCUT2D eigenvalue weighted by atomic mass is 10.1. The Morgan fingerprint density at radius 1 is 1.36 bits per heavy atom. The molecule has 5 nitrogen and oxygen atoms in total. The molecule has 1 aromatic carbocycles. The zero-order chi connectivity index (χ0) is 10.1. The fraction of sp³-hybridized carbons (Fsp3) is 0.111. The minimum absolute atomic E-state index is 0.141. The lowest BCUT2D eigenvalue weighted by Crippen LogP contribution is -2.05. The number of aromatic amines is 2. The molecule has 0 fully saturated rings. The summed E-state index contributed by atoms with van der Waals surface area (Å²) in [5.41, 5.74) is 0.878. The summed E-state index contributed by atoms with van der Waals surface area (Å²) in [7, 11) is 0. The second-order valence-corrected chi connectivity index (χ2v) is 2.99. The van der Waals surface area contributed by atoms with Gasteiger partial charge in [0.15, 0.2) is 0 Å². The summed E-state index contributed by atoms with van der Waals surface area (Å²) in [6, 6.07) is 5.07. The molecule has 0 amide bonds. The lowest BCUT2D eigenvalue weighted by Gasteiger charge is -1.96. The van der Waals surface area contributed by atoms with Gasteiger partial charge < -0.3 is 5.11 Å². The van der Waals surface area contributed by atoms with Crippen LogP contribution in [0.4, 0.5) is 0 Å². The normalized spacial score (nSPS) is 10.6. The molecule has 0 radical (unpaired) electrons. The number of carboxylic acid groups (broad SMARTS) is 1. The standard InChI is InChI=1S/C9H8N2O3/c12-7(13)4-5-2-1-3-6-8(5)9(14)11-10-6/h1-3H,4H2,(H,12,13)(H2,10,11,14). The van der Waals surface area contributed by atoms with Crippen molar-refractivity contribution in [2.75, 3.05) is 0 Å². The van der Waals surface area contributed by atoms with Crippen molar-refractivity contribution in [3.8, 4) is 0 Å². The van der Waals surface area contributed by atoms with Crippen LogP contribution in [0, 0.1) is 0 Å². The molecule has 0 atom stereocenters. The minimum atomic E-state index is -0.946. The van der Waals surface area contributed by atoms with E-state index in [4.69, 9.17) is 5.11 Å². The highest BCUT2D eigenvalue weighted by molar-refractivity contribution is 5.85. The monoisotopic (exact) mass is 192 g/mol. The van der Waals surface area contributed by atoms with Crippen molar-refractivity contribution >= 4 is 16.9 Å². The molecule has 0 bridgehead atoms. The van der Waals surface area contributed by atoms with Crippen molar-refractivity contribution in [3.05, 3.63) is 34.1 Å². The van der Waals surface area contributed by atoms with E-state index in [0.717, 1.165) is 0 Å². The second kappa shape index (κ2) is 3.02. The van der Waals surface area contributed by atoms with Crippen molar-refractivity contribution < 1.29 is 9.90 Å². The van der Waals surface area contributed by atoms with Gasteiger partial charge in [0.25, 0.3) is 5.56 Å². The highest BCUT2D eigenvalue weighted by atomic mass is 16.4. The minimum Gasteiger partial charge on any atom is -0.481 e. The molecule has 72 valence electrons. The van der Waals surface area contributed by atoms with Crippen LogP contribution in [-0.4, -0.2) is 21.3 Å². The first kappa shape index (κ1) is 8.55. The van der Waals surface area contributed by atoms with Crippen LogP contribution < -0.4 is 5.56 Å². The van der Waals surface area contributed by atoms with Crippen LogP contribution >= 0.6 is 0 Å². The maximum atomic E-state index is 11.3. The largest absolute Gasteiger partial charge is 0.481 e. The van der Waals surface area contributed by atoms with E-state index in [1.54, 1.807) is 18.2 Å². The zero-order valence-corrected chi connectivity index (χ0v) is 7.20. The van der Waals surface area contributed by atoms with Crippen LogP contribution in [0.5, 0.6) is 0 Å². The molecule has 5 heteroatoms. The number of H-pyrrole nitrogens is 2. The average molecular weight is 192 g/mol. The molecular formula is C9H8N2O3. The van der Waals surface area contributed by atoms with E-state index >= 15 is 0 Å². The third-order valence-corrected chi connectivity index (χ3v) is 2.03. The van der Waals surface area contributed by atoms with E-state index in [9.17, 15) is 9.59 Å². The molecule has 0 aliphatic rings. The van der Waals surface area contributed by atoms with E-state index < -0.39 is 5.97 Å². The first-order valence-corrected chi connectivity index (χ1v) is 4.08. The number of hydrogen-bond acceptors (Lipinski definition) is 2. The van der Waals surface area contributed by atoms with Gasteiger partial charge in [0.05, 0.1) is 17.3 Å². The first-order chi connectivity index (χ1) is 6.68. The molecule has 0 saturated carbocycles. The van der Waals surface area contributed by atoms with Gasteiger partial charge in [-0.25, -0.2) is 0 Å². The van der Waals surface area contributed by atoms with Gasteiger partial charge in [0, 0.05) is 0 Å². The Hall–Kier alpha value is -2.04. The molecule has 2 rings (SSSR count).